The van der Waals surface area contributed by atoms with E-state index in [0.717, 1.165) is 0 Å². The van der Waals surface area contributed by atoms with Gasteiger partial charge in [-0.15, -0.1) is 22.7 Å². The summed E-state index contributed by atoms with van der Waals surface area (Å²) in [6, 6.07) is 26.6. The van der Waals surface area contributed by atoms with Crippen LogP contribution in [0.4, 0.5) is 0 Å². The van der Waals surface area contributed by atoms with Gasteiger partial charge in [-0.25, -0.2) is 0 Å². The summed E-state index contributed by atoms with van der Waals surface area (Å²) in [4.78, 5) is 3.20. The number of benzene rings is 4. The molecule has 3 heterocycles. The summed E-state index contributed by atoms with van der Waals surface area (Å²) in [5.41, 5.74) is 0. The van der Waals surface area contributed by atoms with E-state index in [1.165, 1.54) is 32.3 Å². The highest BCUT2D eigenvalue weighted by Gasteiger charge is 2.55. The highest BCUT2D eigenvalue weighted by atomic mass is 32.1. The van der Waals surface area contributed by atoms with Crippen LogP contribution in [-0.2, 0) is 0 Å². The fourth-order valence-electron chi connectivity index (χ4n) is 6.61. The molecule has 42 heavy (non-hydrogen) atoms. The van der Waals surface area contributed by atoms with Gasteiger partial charge in [-0.3, -0.25) is 0 Å². The van der Waals surface area contributed by atoms with Gasteiger partial charge in [0.15, 0.2) is 0 Å². The third-order valence-electron chi connectivity index (χ3n) is 11.6. The molecule has 0 bridgehead atoms. The van der Waals surface area contributed by atoms with Gasteiger partial charge in [0, 0.05) is 10.8 Å². The number of hydrogen-bond acceptors (Lipinski definition) is 2. The predicted octanol–water partition coefficient (Wildman–Crippen LogP) is 10.0. The van der Waals surface area contributed by atoms with Gasteiger partial charge in [-0.05, 0) is 64.9 Å². The van der Waals surface area contributed by atoms with Crippen molar-refractivity contribution < 1.29 is 0 Å². The summed E-state index contributed by atoms with van der Waals surface area (Å²) < 4.78 is 3.36. The van der Waals surface area contributed by atoms with Crippen LogP contribution < -0.4 is 24.9 Å². The molecule has 0 N–H and O–H groups in total. The summed E-state index contributed by atoms with van der Waals surface area (Å²) >= 11 is 4.31. The zero-order valence-corrected chi connectivity index (χ0v) is 31.6. The lowest BCUT2D eigenvalue weighted by Gasteiger charge is -2.36. The van der Waals surface area contributed by atoms with Crippen molar-refractivity contribution in [2.45, 2.75) is 77.8 Å². The molecule has 4 aromatic carbocycles. The molecule has 0 amide bonds. The predicted molar refractivity (Wildman–Crippen MR) is 203 cm³/mol. The van der Waals surface area contributed by atoms with Crippen LogP contribution in [-0.4, -0.2) is 22.8 Å². The Bertz CT molecular complexity index is 1940. The van der Waals surface area contributed by atoms with Crippen molar-refractivity contribution >= 4 is 103 Å². The first-order valence-electron chi connectivity index (χ1n) is 15.3. The van der Waals surface area contributed by atoms with Crippen molar-refractivity contribution in [3.63, 3.8) is 0 Å². The van der Waals surface area contributed by atoms with Gasteiger partial charge in [0.2, 0.25) is 0 Å². The summed E-state index contributed by atoms with van der Waals surface area (Å²) in [5.74, 6) is 0. The minimum absolute atomic E-state index is 0.317. The second-order valence-electron chi connectivity index (χ2n) is 15.8. The normalized spacial score (nSPS) is 15.7. The second kappa shape index (κ2) is 8.89. The van der Waals surface area contributed by atoms with E-state index in [9.17, 15) is 0 Å². The van der Waals surface area contributed by atoms with Crippen LogP contribution in [0.1, 0.15) is 41.5 Å². The van der Waals surface area contributed by atoms with Gasteiger partial charge in [0.1, 0.15) is 23.2 Å². The van der Waals surface area contributed by atoms with Crippen LogP contribution in [0.15, 0.2) is 66.7 Å². The Labute approximate surface area is 262 Å². The summed E-state index contributed by atoms with van der Waals surface area (Å²) in [7, 11) is -5.20. The highest BCUT2D eigenvalue weighted by molar-refractivity contribution is 7.97. The Hall–Kier alpha value is -1.82. The minimum Gasteiger partial charge on any atom is -0.140 e. The Morgan fingerprint density at radius 3 is 1.45 bits per heavy atom. The van der Waals surface area contributed by atoms with E-state index < -0.39 is 23.4 Å². The molecular weight excluding hydrogens is 596 g/mol. The van der Waals surface area contributed by atoms with Gasteiger partial charge in [-0.1, -0.05) is 110 Å². The van der Waals surface area contributed by atoms with E-state index in [2.05, 4.69) is 164 Å². The Balaban J connectivity index is 1.57. The summed E-state index contributed by atoms with van der Waals surface area (Å²) in [5, 5.41) is 13.9. The van der Waals surface area contributed by atoms with Crippen molar-refractivity contribution in [1.29, 1.82) is 0 Å². The molecule has 1 aliphatic heterocycles. The third kappa shape index (κ3) is 3.72. The van der Waals surface area contributed by atoms with Gasteiger partial charge < -0.3 is 0 Å². The van der Waals surface area contributed by atoms with Gasteiger partial charge in [0.25, 0.3) is 0 Å². The van der Waals surface area contributed by atoms with E-state index in [4.69, 9.17) is 0 Å². The first-order valence-corrected chi connectivity index (χ1v) is 25.2. The topological polar surface area (TPSA) is 0 Å². The maximum absolute atomic E-state index is 2.71. The molecule has 0 unspecified atom stereocenters. The van der Waals surface area contributed by atoms with Crippen molar-refractivity contribution in [2.75, 3.05) is 6.66 Å². The van der Waals surface area contributed by atoms with Crippen LogP contribution in [0.25, 0.3) is 42.1 Å². The lowest BCUT2D eigenvalue weighted by atomic mass is 9.94. The first-order chi connectivity index (χ1) is 19.5. The zero-order chi connectivity index (χ0) is 30.2. The third-order valence-corrected chi connectivity index (χ3v) is 31.8. The van der Waals surface area contributed by atoms with Crippen molar-refractivity contribution in [1.82, 2.24) is 0 Å². The van der Waals surface area contributed by atoms with E-state index in [0.29, 0.717) is 10.1 Å². The molecule has 0 nitrogen and oxygen atoms in total. The molecule has 1 aliphatic rings. The molecule has 0 atom stereocenters. The van der Waals surface area contributed by atoms with E-state index in [1.807, 2.05) is 0 Å². The van der Waals surface area contributed by atoms with Crippen molar-refractivity contribution in [2.24, 2.45) is 0 Å². The fourth-order valence-corrected chi connectivity index (χ4v) is 20.9. The Morgan fingerprint density at radius 1 is 0.548 bits per heavy atom. The van der Waals surface area contributed by atoms with E-state index >= 15 is 0 Å². The van der Waals surface area contributed by atoms with Gasteiger partial charge in [0.05, 0.1) is 32.6 Å². The van der Waals surface area contributed by atoms with Crippen LogP contribution in [0.2, 0.25) is 36.3 Å². The zero-order valence-electron chi connectivity index (χ0n) is 27.1. The van der Waals surface area contributed by atoms with Gasteiger partial charge >= 0.3 is 0 Å². The molecule has 0 radical (unpaired) electrons. The van der Waals surface area contributed by atoms with E-state index in [-0.39, 0.29) is 0 Å². The number of fused-ring (bicyclic) bond motifs is 3. The average Bonchev–Trinajstić information content (AvgIpc) is 3.60. The quantitative estimate of drug-likeness (QED) is 0.103. The molecule has 0 spiro atoms. The highest BCUT2D eigenvalue weighted by Crippen LogP contribution is 2.63. The smallest absolute Gasteiger partial charge is 0.123 e. The average molecular weight is 640 g/mol. The minimum atomic E-state index is -1.85. The Morgan fingerprint density at radius 2 is 0.976 bits per heavy atom. The lowest BCUT2D eigenvalue weighted by Crippen LogP contribution is -2.48. The molecular formula is C37H44PS2Si2+. The number of thiophene rings is 2. The maximum Gasteiger partial charge on any atom is 0.123 e. The number of hydrogen-bond donors (Lipinski definition) is 0. The summed E-state index contributed by atoms with van der Waals surface area (Å²) in [6.07, 6.45) is 0. The van der Waals surface area contributed by atoms with Crippen molar-refractivity contribution in [3.05, 3.63) is 66.7 Å². The van der Waals surface area contributed by atoms with Crippen molar-refractivity contribution in [3.8, 4) is 9.75 Å². The largest absolute Gasteiger partial charge is 0.140 e. The first kappa shape index (κ1) is 28.9. The molecule has 5 heteroatoms. The van der Waals surface area contributed by atoms with E-state index in [1.54, 1.807) is 34.7 Å². The van der Waals surface area contributed by atoms with Gasteiger partial charge in [-0.2, -0.15) is 0 Å². The molecule has 0 saturated carbocycles. The lowest BCUT2D eigenvalue weighted by molar-refractivity contribution is 0.730. The molecule has 0 aliphatic carbocycles. The Kier molecular flexibility index (Phi) is 6.12. The second-order valence-corrected chi connectivity index (χ2v) is 32.7. The van der Waals surface area contributed by atoms with Crippen LogP contribution in [0, 0.1) is 0 Å². The number of rotatable bonds is 3. The monoisotopic (exact) mass is 639 g/mol. The maximum atomic E-state index is 2.71. The van der Waals surface area contributed by atoms with Crippen LogP contribution >= 0.6 is 29.9 Å². The molecule has 6 aromatic rings. The standard InChI is InChI=1S/C37H44PS2Si2/c1-36(2,3)41(8,9)30-21-28-34(39-30)35-29(22-31(40-35)42(10,11)37(4,5)6)38(28,7)27-20-18-25-16-15-23-13-12-14-24-17-19-26(27)33(25)32(23)24/h12-22H,1-11H3/q+1. The molecule has 0 saturated heterocycles. The van der Waals surface area contributed by atoms with Crippen LogP contribution in [0.5, 0.6) is 0 Å². The SMILES string of the molecule is CC(C)(C)[Si](C)(C)c1cc2c(s1)-c1sc([Si](C)(C)C(C)(C)C)cc1[P+]2(C)c1ccc2ccc3cccc4ccc1c2c34. The molecule has 216 valence electrons. The molecule has 0 fully saturated rings. The van der Waals surface area contributed by atoms with Crippen LogP contribution in [0.3, 0.4) is 0 Å². The molecule has 7 rings (SSSR count). The fraction of sp³-hybridized carbons (Fsp3) is 0.351. The molecule has 2 aromatic heterocycles. The summed E-state index contributed by atoms with van der Waals surface area (Å²) in [6.45, 7) is 27.8.